The molecule has 0 spiro atoms. The largest absolute Gasteiger partial charge is 0.352 e. The highest BCUT2D eigenvalue weighted by molar-refractivity contribution is 5.94. The van der Waals surface area contributed by atoms with Crippen LogP contribution >= 0.6 is 0 Å². The monoisotopic (exact) mass is 349 g/mol. The minimum Gasteiger partial charge on any atom is -0.352 e. The van der Waals surface area contributed by atoms with Gasteiger partial charge in [-0.05, 0) is 37.5 Å². The number of carbonyl (C=O) groups is 1. The highest BCUT2D eigenvalue weighted by Crippen LogP contribution is 2.22. The fourth-order valence-electron chi connectivity index (χ4n) is 2.77. The van der Waals surface area contributed by atoms with Gasteiger partial charge in [0.25, 0.3) is 5.91 Å². The Morgan fingerprint density at radius 3 is 2.73 bits per heavy atom. The Labute approximate surface area is 153 Å². The summed E-state index contributed by atoms with van der Waals surface area (Å²) in [5.41, 5.74) is 3.70. The zero-order chi connectivity index (χ0) is 18.4. The Hall–Kier alpha value is -3.02. The SMILES string of the molecule is CCc1cnc(C)nc1-c1ccc(C(=O)NCCCn2ccnc2)cc1. The fourth-order valence-corrected chi connectivity index (χ4v) is 2.77. The van der Waals surface area contributed by atoms with Gasteiger partial charge in [0.05, 0.1) is 12.0 Å². The van der Waals surface area contributed by atoms with Gasteiger partial charge in [-0.2, -0.15) is 0 Å². The highest BCUT2D eigenvalue weighted by atomic mass is 16.1. The van der Waals surface area contributed by atoms with E-state index >= 15 is 0 Å². The molecule has 0 saturated carbocycles. The molecule has 0 aliphatic carbocycles. The van der Waals surface area contributed by atoms with Crippen LogP contribution < -0.4 is 5.32 Å². The summed E-state index contributed by atoms with van der Waals surface area (Å²) in [6.45, 7) is 5.44. The molecule has 0 radical (unpaired) electrons. The zero-order valence-electron chi connectivity index (χ0n) is 15.1. The molecule has 0 aliphatic rings. The lowest BCUT2D eigenvalue weighted by Crippen LogP contribution is -2.25. The third-order valence-corrected chi connectivity index (χ3v) is 4.22. The second-order valence-corrected chi connectivity index (χ2v) is 6.13. The Kier molecular flexibility index (Phi) is 5.73. The van der Waals surface area contributed by atoms with Crippen molar-refractivity contribution < 1.29 is 4.79 Å². The summed E-state index contributed by atoms with van der Waals surface area (Å²) in [5.74, 6) is 0.689. The predicted octanol–water partition coefficient (Wildman–Crippen LogP) is 3.03. The highest BCUT2D eigenvalue weighted by Gasteiger charge is 2.09. The van der Waals surface area contributed by atoms with Gasteiger partial charge in [0.1, 0.15) is 5.82 Å². The van der Waals surface area contributed by atoms with Crippen molar-refractivity contribution in [3.63, 3.8) is 0 Å². The van der Waals surface area contributed by atoms with E-state index in [1.165, 1.54) is 0 Å². The number of aromatic nitrogens is 4. The summed E-state index contributed by atoms with van der Waals surface area (Å²) in [5, 5.41) is 2.95. The molecule has 134 valence electrons. The van der Waals surface area contributed by atoms with E-state index in [1.807, 2.05) is 48.1 Å². The minimum atomic E-state index is -0.0586. The zero-order valence-corrected chi connectivity index (χ0v) is 15.1. The third kappa shape index (κ3) is 4.33. The molecule has 2 aromatic heterocycles. The van der Waals surface area contributed by atoms with Gasteiger partial charge in [0.2, 0.25) is 0 Å². The molecule has 0 bridgehead atoms. The third-order valence-electron chi connectivity index (χ3n) is 4.22. The summed E-state index contributed by atoms with van der Waals surface area (Å²) < 4.78 is 2.00. The van der Waals surface area contributed by atoms with E-state index in [4.69, 9.17) is 0 Å². The maximum atomic E-state index is 12.3. The van der Waals surface area contributed by atoms with Gasteiger partial charge in [-0.1, -0.05) is 19.1 Å². The van der Waals surface area contributed by atoms with E-state index in [0.29, 0.717) is 12.1 Å². The molecule has 6 heteroatoms. The van der Waals surface area contributed by atoms with Crippen LogP contribution in [-0.4, -0.2) is 32.0 Å². The summed E-state index contributed by atoms with van der Waals surface area (Å²) >= 11 is 0. The topological polar surface area (TPSA) is 72.7 Å². The Morgan fingerprint density at radius 2 is 2.04 bits per heavy atom. The number of benzene rings is 1. The predicted molar refractivity (Wildman–Crippen MR) is 101 cm³/mol. The quantitative estimate of drug-likeness (QED) is 0.666. The number of amides is 1. The molecular weight excluding hydrogens is 326 g/mol. The van der Waals surface area contributed by atoms with Crippen molar-refractivity contribution in [2.75, 3.05) is 6.54 Å². The van der Waals surface area contributed by atoms with Gasteiger partial charge < -0.3 is 9.88 Å². The summed E-state index contributed by atoms with van der Waals surface area (Å²) in [7, 11) is 0. The maximum Gasteiger partial charge on any atom is 0.251 e. The molecular formula is C20H23N5O. The lowest BCUT2D eigenvalue weighted by molar-refractivity contribution is 0.0952. The van der Waals surface area contributed by atoms with Crippen LogP contribution in [0.2, 0.25) is 0 Å². The molecule has 1 aromatic carbocycles. The van der Waals surface area contributed by atoms with E-state index in [2.05, 4.69) is 27.2 Å². The number of nitrogens with one attached hydrogen (secondary N) is 1. The van der Waals surface area contributed by atoms with E-state index < -0.39 is 0 Å². The van der Waals surface area contributed by atoms with Crippen molar-refractivity contribution in [1.29, 1.82) is 0 Å². The van der Waals surface area contributed by atoms with Crippen molar-refractivity contribution in [3.05, 3.63) is 66.1 Å². The Balaban J connectivity index is 1.60. The van der Waals surface area contributed by atoms with Gasteiger partial charge in [-0.3, -0.25) is 4.79 Å². The average molecular weight is 349 g/mol. The van der Waals surface area contributed by atoms with Crippen LogP contribution in [0.15, 0.2) is 49.2 Å². The summed E-state index contributed by atoms with van der Waals surface area (Å²) in [4.78, 5) is 25.1. The van der Waals surface area contributed by atoms with Crippen molar-refractivity contribution >= 4 is 5.91 Å². The second-order valence-electron chi connectivity index (χ2n) is 6.13. The molecule has 26 heavy (non-hydrogen) atoms. The molecule has 0 fully saturated rings. The Morgan fingerprint density at radius 1 is 1.23 bits per heavy atom. The molecule has 6 nitrogen and oxygen atoms in total. The first kappa shape index (κ1) is 17.8. The smallest absolute Gasteiger partial charge is 0.251 e. The number of hydrogen-bond donors (Lipinski definition) is 1. The van der Waals surface area contributed by atoms with Crippen LogP contribution in [0.4, 0.5) is 0 Å². The number of imidazole rings is 1. The molecule has 0 unspecified atom stereocenters. The molecule has 0 aliphatic heterocycles. The first-order chi connectivity index (χ1) is 12.7. The first-order valence-electron chi connectivity index (χ1n) is 8.84. The van der Waals surface area contributed by atoms with E-state index in [1.54, 1.807) is 12.5 Å². The summed E-state index contributed by atoms with van der Waals surface area (Å²) in [6, 6.07) is 7.58. The number of hydrogen-bond acceptors (Lipinski definition) is 4. The first-order valence-corrected chi connectivity index (χ1v) is 8.84. The van der Waals surface area contributed by atoms with Gasteiger partial charge >= 0.3 is 0 Å². The van der Waals surface area contributed by atoms with Crippen LogP contribution in [-0.2, 0) is 13.0 Å². The molecule has 1 amide bonds. The van der Waals surface area contributed by atoms with Crippen molar-refractivity contribution in [2.24, 2.45) is 0 Å². The number of aryl methyl sites for hydroxylation is 3. The van der Waals surface area contributed by atoms with Crippen LogP contribution in [0.5, 0.6) is 0 Å². The average Bonchev–Trinajstić information content (AvgIpc) is 3.18. The number of rotatable bonds is 7. The molecule has 2 heterocycles. The number of nitrogens with zero attached hydrogens (tertiary/aromatic N) is 4. The second kappa shape index (κ2) is 8.38. The van der Waals surface area contributed by atoms with E-state index in [0.717, 1.165) is 42.0 Å². The van der Waals surface area contributed by atoms with Crippen LogP contribution in [0.3, 0.4) is 0 Å². The van der Waals surface area contributed by atoms with Crippen LogP contribution in [0.1, 0.15) is 35.1 Å². The van der Waals surface area contributed by atoms with E-state index in [9.17, 15) is 4.79 Å². The van der Waals surface area contributed by atoms with Gasteiger partial charge in [0.15, 0.2) is 0 Å². The van der Waals surface area contributed by atoms with Crippen molar-refractivity contribution in [2.45, 2.75) is 33.2 Å². The standard InChI is InChI=1S/C20H23N5O/c1-3-16-13-23-15(2)24-19(16)17-5-7-18(8-6-17)20(26)22-9-4-11-25-12-10-21-14-25/h5-8,10,12-14H,3-4,9,11H2,1-2H3,(H,22,26). The number of carbonyl (C=O) groups excluding carboxylic acids is 1. The maximum absolute atomic E-state index is 12.3. The lowest BCUT2D eigenvalue weighted by atomic mass is 10.0. The van der Waals surface area contributed by atoms with Crippen molar-refractivity contribution in [3.8, 4) is 11.3 Å². The minimum absolute atomic E-state index is 0.0586. The van der Waals surface area contributed by atoms with Crippen LogP contribution in [0, 0.1) is 6.92 Å². The molecule has 0 saturated heterocycles. The molecule has 3 aromatic rings. The van der Waals surface area contributed by atoms with Gasteiger partial charge in [-0.15, -0.1) is 0 Å². The fraction of sp³-hybridized carbons (Fsp3) is 0.300. The van der Waals surface area contributed by atoms with Gasteiger partial charge in [-0.25, -0.2) is 15.0 Å². The van der Waals surface area contributed by atoms with E-state index in [-0.39, 0.29) is 5.91 Å². The molecule has 1 N–H and O–H groups in total. The molecule has 3 rings (SSSR count). The lowest BCUT2D eigenvalue weighted by Gasteiger charge is -2.09. The normalized spacial score (nSPS) is 10.7. The molecule has 0 atom stereocenters. The summed E-state index contributed by atoms with van der Waals surface area (Å²) in [6.07, 6.45) is 9.05. The van der Waals surface area contributed by atoms with Crippen molar-refractivity contribution in [1.82, 2.24) is 24.8 Å². The van der Waals surface area contributed by atoms with Crippen LogP contribution in [0.25, 0.3) is 11.3 Å². The Bertz CT molecular complexity index is 856. The van der Waals surface area contributed by atoms with Gasteiger partial charge in [0, 0.05) is 42.8 Å².